The van der Waals surface area contributed by atoms with Crippen molar-refractivity contribution < 1.29 is 9.53 Å². The van der Waals surface area contributed by atoms with Gasteiger partial charge in [0.15, 0.2) is 0 Å². The van der Waals surface area contributed by atoms with Gasteiger partial charge in [-0.25, -0.2) is 4.79 Å². The molecule has 2 nitrogen and oxygen atoms in total. The summed E-state index contributed by atoms with van der Waals surface area (Å²) in [4.78, 5) is 11.5. The lowest BCUT2D eigenvalue weighted by Crippen LogP contribution is -2.01. The summed E-state index contributed by atoms with van der Waals surface area (Å²) in [6.45, 7) is 0. The summed E-state index contributed by atoms with van der Waals surface area (Å²) in [7, 11) is 1.37. The Balaban J connectivity index is 2.36. The largest absolute Gasteiger partial charge is 0.465 e. The maximum absolute atomic E-state index is 11.5. The second kappa shape index (κ2) is 6.22. The molecule has 0 aliphatic heterocycles. The molecule has 0 N–H and O–H groups in total. The second-order valence-electron chi connectivity index (χ2n) is 4.02. The van der Waals surface area contributed by atoms with Gasteiger partial charge in [-0.05, 0) is 29.3 Å². The Morgan fingerprint density at radius 2 is 2.16 bits per heavy atom. The van der Waals surface area contributed by atoms with Crippen molar-refractivity contribution in [2.24, 2.45) is 0 Å². The predicted octanol–water partition coefficient (Wildman–Crippen LogP) is 4.46. The molecule has 1 aromatic rings. The predicted molar refractivity (Wildman–Crippen MR) is 80.8 cm³/mol. The van der Waals surface area contributed by atoms with E-state index in [1.807, 2.05) is 30.3 Å². The van der Waals surface area contributed by atoms with Crippen LogP contribution in [-0.2, 0) is 9.53 Å². The van der Waals surface area contributed by atoms with Gasteiger partial charge in [-0.3, -0.25) is 0 Å². The van der Waals surface area contributed by atoms with Gasteiger partial charge in [0.25, 0.3) is 0 Å². The fourth-order valence-corrected chi connectivity index (χ4v) is 2.47. The van der Waals surface area contributed by atoms with E-state index in [1.54, 1.807) is 12.2 Å². The highest BCUT2D eigenvalue weighted by atomic mass is 79.9. The third kappa shape index (κ3) is 3.37. The molecule has 0 heterocycles. The van der Waals surface area contributed by atoms with Gasteiger partial charge in [0.05, 0.1) is 12.7 Å². The van der Waals surface area contributed by atoms with E-state index < -0.39 is 0 Å². The van der Waals surface area contributed by atoms with Gasteiger partial charge >= 0.3 is 5.97 Å². The first kappa shape index (κ1) is 14.1. The van der Waals surface area contributed by atoms with E-state index in [1.165, 1.54) is 7.11 Å². The molecule has 0 unspecified atom stereocenters. The van der Waals surface area contributed by atoms with Crippen LogP contribution in [0.1, 0.15) is 12.0 Å². The topological polar surface area (TPSA) is 26.3 Å². The van der Waals surface area contributed by atoms with Crippen molar-refractivity contribution in [2.45, 2.75) is 6.42 Å². The van der Waals surface area contributed by atoms with Crippen LogP contribution in [0.25, 0.3) is 5.57 Å². The average Bonchev–Trinajstić information content (AvgIpc) is 2.60. The molecule has 0 saturated carbocycles. The number of hydrogen-bond acceptors (Lipinski definition) is 2. The fourth-order valence-electron chi connectivity index (χ4n) is 1.82. The highest BCUT2D eigenvalue weighted by Crippen LogP contribution is 2.30. The molecule has 1 aliphatic rings. The van der Waals surface area contributed by atoms with Crippen molar-refractivity contribution in [3.63, 3.8) is 0 Å². The Morgan fingerprint density at radius 3 is 2.84 bits per heavy atom. The molecule has 0 amide bonds. The highest BCUT2D eigenvalue weighted by molar-refractivity contribution is 9.10. The molecule has 2 rings (SSSR count). The molecule has 0 saturated heterocycles. The number of rotatable bonds is 2. The summed E-state index contributed by atoms with van der Waals surface area (Å²) < 4.78 is 5.70. The first-order valence-corrected chi connectivity index (χ1v) is 6.90. The molecular weight excluding hydrogens is 328 g/mol. The fraction of sp³-hybridized carbons (Fsp3) is 0.133. The molecule has 4 heteroatoms. The van der Waals surface area contributed by atoms with Gasteiger partial charge < -0.3 is 4.74 Å². The molecule has 98 valence electrons. The number of hydrogen-bond donors (Lipinski definition) is 0. The van der Waals surface area contributed by atoms with Crippen molar-refractivity contribution in [1.29, 1.82) is 0 Å². The highest BCUT2D eigenvalue weighted by Gasteiger charge is 2.12. The first-order valence-electron chi connectivity index (χ1n) is 5.73. The Bertz CT molecular complexity index is 600. The van der Waals surface area contributed by atoms with Crippen molar-refractivity contribution in [3.8, 4) is 0 Å². The van der Waals surface area contributed by atoms with Gasteiger partial charge in [0.2, 0.25) is 0 Å². The van der Waals surface area contributed by atoms with Gasteiger partial charge in [-0.1, -0.05) is 51.8 Å². The van der Waals surface area contributed by atoms with Crippen LogP contribution in [0.5, 0.6) is 0 Å². The molecule has 19 heavy (non-hydrogen) atoms. The summed E-state index contributed by atoms with van der Waals surface area (Å²) in [5, 5.41) is 0.702. The van der Waals surface area contributed by atoms with Gasteiger partial charge in [-0.15, -0.1) is 0 Å². The third-order valence-electron chi connectivity index (χ3n) is 2.78. The van der Waals surface area contributed by atoms with Crippen LogP contribution < -0.4 is 0 Å². The zero-order valence-corrected chi connectivity index (χ0v) is 12.7. The number of carbonyl (C=O) groups excluding carboxylic acids is 1. The minimum absolute atomic E-state index is 0.351. The van der Waals surface area contributed by atoms with Crippen LogP contribution in [0.3, 0.4) is 0 Å². The van der Waals surface area contributed by atoms with Crippen molar-refractivity contribution in [2.75, 3.05) is 7.11 Å². The Labute approximate surface area is 125 Å². The maximum atomic E-state index is 11.5. The Morgan fingerprint density at radius 1 is 1.37 bits per heavy atom. The lowest BCUT2D eigenvalue weighted by atomic mass is 10.0. The minimum Gasteiger partial charge on any atom is -0.465 e. The van der Waals surface area contributed by atoms with Gasteiger partial charge in [-0.2, -0.15) is 0 Å². The van der Waals surface area contributed by atoms with E-state index in [4.69, 9.17) is 16.3 Å². The van der Waals surface area contributed by atoms with E-state index in [9.17, 15) is 4.79 Å². The lowest BCUT2D eigenvalue weighted by molar-refractivity contribution is -0.135. The van der Waals surface area contributed by atoms with Crippen molar-refractivity contribution in [3.05, 3.63) is 63.1 Å². The molecule has 0 spiro atoms. The number of methoxy groups -OCH3 is 1. The van der Waals surface area contributed by atoms with E-state index in [0.29, 0.717) is 17.0 Å². The monoisotopic (exact) mass is 338 g/mol. The van der Waals surface area contributed by atoms with Crippen LogP contribution in [0, 0.1) is 0 Å². The van der Waals surface area contributed by atoms with Crippen molar-refractivity contribution >= 4 is 39.1 Å². The average molecular weight is 340 g/mol. The SMILES string of the molecule is COC(=O)C1=CCC(Cl)=C(c2cccc(Br)c2)C=C1. The quantitative estimate of drug-likeness (QED) is 0.744. The summed E-state index contributed by atoms with van der Waals surface area (Å²) in [6.07, 6.45) is 5.87. The number of halogens is 2. The third-order valence-corrected chi connectivity index (χ3v) is 3.63. The first-order chi connectivity index (χ1) is 9.11. The number of carbonyl (C=O) groups is 1. The molecule has 0 radical (unpaired) electrons. The summed E-state index contributed by atoms with van der Waals surface area (Å²) >= 11 is 9.74. The van der Waals surface area contributed by atoms with Gasteiger partial charge in [0, 0.05) is 15.9 Å². The molecule has 0 aromatic heterocycles. The van der Waals surface area contributed by atoms with E-state index in [2.05, 4.69) is 15.9 Å². The maximum Gasteiger partial charge on any atom is 0.337 e. The number of allylic oxidation sites excluding steroid dienone is 4. The van der Waals surface area contributed by atoms with E-state index in [0.717, 1.165) is 15.6 Å². The van der Waals surface area contributed by atoms with Crippen LogP contribution in [0.4, 0.5) is 0 Å². The van der Waals surface area contributed by atoms with Crippen LogP contribution in [0.15, 0.2) is 57.6 Å². The number of esters is 1. The van der Waals surface area contributed by atoms with E-state index in [-0.39, 0.29) is 5.97 Å². The minimum atomic E-state index is -0.351. The molecule has 1 aromatic carbocycles. The second-order valence-corrected chi connectivity index (χ2v) is 5.39. The Kier molecular flexibility index (Phi) is 4.61. The number of benzene rings is 1. The Hall–Kier alpha value is -1.32. The van der Waals surface area contributed by atoms with E-state index >= 15 is 0 Å². The molecular formula is C15H12BrClO2. The van der Waals surface area contributed by atoms with Crippen LogP contribution >= 0.6 is 27.5 Å². The lowest BCUT2D eigenvalue weighted by Gasteiger charge is -2.05. The van der Waals surface area contributed by atoms with Crippen LogP contribution in [0.2, 0.25) is 0 Å². The molecule has 1 aliphatic carbocycles. The summed E-state index contributed by atoms with van der Waals surface area (Å²) in [5.74, 6) is -0.351. The summed E-state index contributed by atoms with van der Waals surface area (Å²) in [6, 6.07) is 7.88. The molecule has 0 bridgehead atoms. The summed E-state index contributed by atoms with van der Waals surface area (Å²) in [5.41, 5.74) is 2.44. The standard InChI is InChI=1S/C15H12BrClO2/c1-19-15(18)10-5-7-13(14(17)8-6-10)11-3-2-4-12(16)9-11/h2-7,9H,8H2,1H3. The van der Waals surface area contributed by atoms with Gasteiger partial charge in [0.1, 0.15) is 0 Å². The zero-order valence-electron chi connectivity index (χ0n) is 10.3. The smallest absolute Gasteiger partial charge is 0.337 e. The molecule has 0 fully saturated rings. The molecule has 0 atom stereocenters. The normalized spacial score (nSPS) is 15.0. The van der Waals surface area contributed by atoms with Crippen molar-refractivity contribution in [1.82, 2.24) is 0 Å². The van der Waals surface area contributed by atoms with Crippen LogP contribution in [-0.4, -0.2) is 13.1 Å². The zero-order chi connectivity index (χ0) is 13.8. The number of ether oxygens (including phenoxy) is 1.